The molecule has 0 amide bonds. The molecule has 0 aliphatic carbocycles. The van der Waals surface area contributed by atoms with Crippen molar-refractivity contribution in [1.29, 1.82) is 0 Å². The fourth-order valence-electron chi connectivity index (χ4n) is 0.938. The average Bonchev–Trinajstić information content (AvgIpc) is 2.31. The van der Waals surface area contributed by atoms with Crippen LogP contribution in [0.25, 0.3) is 10.4 Å². The van der Waals surface area contributed by atoms with E-state index in [0.717, 1.165) is 19.4 Å². The van der Waals surface area contributed by atoms with Gasteiger partial charge in [0, 0.05) is 18.1 Å². The molecular formula is C10H21N3O3. The molecule has 0 bridgehead atoms. The molecule has 0 heterocycles. The zero-order valence-electron chi connectivity index (χ0n) is 9.93. The maximum Gasteiger partial charge on any atom is 0.0701 e. The van der Waals surface area contributed by atoms with Crippen LogP contribution in [0, 0.1) is 0 Å². The minimum Gasteiger partial charge on any atom is -0.379 e. The van der Waals surface area contributed by atoms with Crippen molar-refractivity contribution in [2.75, 3.05) is 46.2 Å². The van der Waals surface area contributed by atoms with Crippen molar-refractivity contribution in [2.24, 2.45) is 5.11 Å². The molecule has 0 unspecified atom stereocenters. The molecule has 0 saturated carbocycles. The maximum absolute atomic E-state index is 7.99. The molecule has 0 aromatic carbocycles. The summed E-state index contributed by atoms with van der Waals surface area (Å²) in [5.74, 6) is 0. The Morgan fingerprint density at radius 1 is 0.938 bits per heavy atom. The summed E-state index contributed by atoms with van der Waals surface area (Å²) < 4.78 is 15.7. The second-order valence-corrected chi connectivity index (χ2v) is 3.15. The molecule has 0 atom stereocenters. The molecule has 6 heteroatoms. The molecule has 0 aromatic heterocycles. The van der Waals surface area contributed by atoms with Crippen LogP contribution in [0.15, 0.2) is 5.11 Å². The molecule has 0 rings (SSSR count). The van der Waals surface area contributed by atoms with Crippen molar-refractivity contribution in [3.8, 4) is 0 Å². The van der Waals surface area contributed by atoms with Crippen LogP contribution in [0.1, 0.15) is 19.8 Å². The van der Waals surface area contributed by atoms with Crippen LogP contribution >= 0.6 is 0 Å². The Morgan fingerprint density at radius 2 is 1.50 bits per heavy atom. The van der Waals surface area contributed by atoms with Crippen molar-refractivity contribution in [3.63, 3.8) is 0 Å². The average molecular weight is 231 g/mol. The minimum absolute atomic E-state index is 0.372. The summed E-state index contributed by atoms with van der Waals surface area (Å²) in [6.07, 6.45) is 2.25. The highest BCUT2D eigenvalue weighted by Gasteiger charge is 1.90. The van der Waals surface area contributed by atoms with E-state index >= 15 is 0 Å². The second kappa shape index (κ2) is 14.2. The summed E-state index contributed by atoms with van der Waals surface area (Å²) in [7, 11) is 0. The van der Waals surface area contributed by atoms with E-state index in [-0.39, 0.29) is 0 Å². The highest BCUT2D eigenvalue weighted by atomic mass is 16.5. The Balaban J connectivity index is 2.90. The molecule has 94 valence electrons. The van der Waals surface area contributed by atoms with Gasteiger partial charge in [-0.25, -0.2) is 0 Å². The quantitative estimate of drug-likeness (QED) is 0.223. The van der Waals surface area contributed by atoms with Crippen LogP contribution in [-0.4, -0.2) is 46.2 Å². The molecule has 0 saturated heterocycles. The van der Waals surface area contributed by atoms with Gasteiger partial charge in [-0.05, 0) is 12.0 Å². The van der Waals surface area contributed by atoms with Gasteiger partial charge in [-0.15, -0.1) is 0 Å². The van der Waals surface area contributed by atoms with E-state index < -0.39 is 0 Å². The van der Waals surface area contributed by atoms with Gasteiger partial charge in [0.2, 0.25) is 0 Å². The zero-order valence-corrected chi connectivity index (χ0v) is 9.93. The predicted octanol–water partition coefficient (Wildman–Crippen LogP) is 2.15. The smallest absolute Gasteiger partial charge is 0.0701 e. The van der Waals surface area contributed by atoms with Gasteiger partial charge in [-0.3, -0.25) is 0 Å². The number of hydrogen-bond acceptors (Lipinski definition) is 4. The Kier molecular flexibility index (Phi) is 13.5. The van der Waals surface area contributed by atoms with E-state index in [9.17, 15) is 0 Å². The number of hydrogen-bond donors (Lipinski definition) is 0. The van der Waals surface area contributed by atoms with Crippen molar-refractivity contribution in [3.05, 3.63) is 10.4 Å². The standard InChI is InChI=1S/C10H21N3O3/c1-2-3-5-14-7-9-16-10-8-15-6-4-12-13-11/h2-10H2,1H3. The summed E-state index contributed by atoms with van der Waals surface area (Å²) in [6.45, 7) is 6.07. The van der Waals surface area contributed by atoms with Gasteiger partial charge in [0.05, 0.1) is 33.0 Å². The van der Waals surface area contributed by atoms with E-state index in [2.05, 4.69) is 16.9 Å². The van der Waals surface area contributed by atoms with Crippen molar-refractivity contribution >= 4 is 0 Å². The molecule has 6 nitrogen and oxygen atoms in total. The molecule has 0 radical (unpaired) electrons. The Bertz CT molecular complexity index is 184. The number of azide groups is 1. The summed E-state index contributed by atoms with van der Waals surface area (Å²) >= 11 is 0. The van der Waals surface area contributed by atoms with E-state index in [1.54, 1.807) is 0 Å². The number of rotatable bonds is 12. The van der Waals surface area contributed by atoms with Gasteiger partial charge in [-0.2, -0.15) is 0 Å². The summed E-state index contributed by atoms with van der Waals surface area (Å²) in [6, 6.07) is 0. The molecular weight excluding hydrogens is 210 g/mol. The lowest BCUT2D eigenvalue weighted by molar-refractivity contribution is 0.0155. The van der Waals surface area contributed by atoms with Crippen LogP contribution in [0.5, 0.6) is 0 Å². The van der Waals surface area contributed by atoms with E-state index in [0.29, 0.717) is 39.6 Å². The summed E-state index contributed by atoms with van der Waals surface area (Å²) in [5, 5.41) is 3.34. The first-order chi connectivity index (χ1) is 7.91. The lowest BCUT2D eigenvalue weighted by Crippen LogP contribution is -2.10. The molecule has 0 N–H and O–H groups in total. The molecule has 0 aromatic rings. The SMILES string of the molecule is CCCCOCCOCCOCCN=[N+]=[N-]. The van der Waals surface area contributed by atoms with Gasteiger partial charge >= 0.3 is 0 Å². The molecule has 0 spiro atoms. The molecule has 0 fully saturated rings. The molecule has 0 aliphatic rings. The Hall–Kier alpha value is -0.810. The van der Waals surface area contributed by atoms with Gasteiger partial charge in [0.15, 0.2) is 0 Å². The first-order valence-electron chi connectivity index (χ1n) is 5.66. The number of unbranched alkanes of at least 4 members (excludes halogenated alkanes) is 1. The minimum atomic E-state index is 0.372. The van der Waals surface area contributed by atoms with Gasteiger partial charge in [0.25, 0.3) is 0 Å². The highest BCUT2D eigenvalue weighted by Crippen LogP contribution is 1.88. The lowest BCUT2D eigenvalue weighted by atomic mass is 10.4. The van der Waals surface area contributed by atoms with Crippen LogP contribution < -0.4 is 0 Å². The van der Waals surface area contributed by atoms with Gasteiger partial charge in [-0.1, -0.05) is 18.5 Å². The van der Waals surface area contributed by atoms with Gasteiger partial charge < -0.3 is 14.2 Å². The normalized spacial score (nSPS) is 10.1. The summed E-state index contributed by atoms with van der Waals surface area (Å²) in [5.41, 5.74) is 7.99. The fourth-order valence-corrected chi connectivity index (χ4v) is 0.938. The molecule has 16 heavy (non-hydrogen) atoms. The van der Waals surface area contributed by atoms with Crippen molar-refractivity contribution < 1.29 is 14.2 Å². The lowest BCUT2D eigenvalue weighted by Gasteiger charge is -2.05. The van der Waals surface area contributed by atoms with Gasteiger partial charge in [0.1, 0.15) is 0 Å². The van der Waals surface area contributed by atoms with Crippen LogP contribution in [-0.2, 0) is 14.2 Å². The second-order valence-electron chi connectivity index (χ2n) is 3.15. The third kappa shape index (κ3) is 13.2. The summed E-state index contributed by atoms with van der Waals surface area (Å²) in [4.78, 5) is 2.62. The topological polar surface area (TPSA) is 76.5 Å². The number of nitrogens with zero attached hydrogens (tertiary/aromatic N) is 3. The van der Waals surface area contributed by atoms with E-state index in [1.807, 2.05) is 0 Å². The Labute approximate surface area is 96.5 Å². The van der Waals surface area contributed by atoms with E-state index in [1.165, 1.54) is 0 Å². The van der Waals surface area contributed by atoms with Crippen molar-refractivity contribution in [2.45, 2.75) is 19.8 Å². The Morgan fingerprint density at radius 3 is 2.06 bits per heavy atom. The third-order valence-corrected chi connectivity index (χ3v) is 1.79. The number of ether oxygens (including phenoxy) is 3. The van der Waals surface area contributed by atoms with Crippen LogP contribution in [0.3, 0.4) is 0 Å². The van der Waals surface area contributed by atoms with E-state index in [4.69, 9.17) is 19.7 Å². The largest absolute Gasteiger partial charge is 0.379 e. The van der Waals surface area contributed by atoms with Crippen LogP contribution in [0.2, 0.25) is 0 Å². The van der Waals surface area contributed by atoms with Crippen molar-refractivity contribution in [1.82, 2.24) is 0 Å². The highest BCUT2D eigenvalue weighted by molar-refractivity contribution is 4.44. The molecule has 0 aliphatic heterocycles. The zero-order chi connectivity index (χ0) is 11.9. The maximum atomic E-state index is 7.99. The third-order valence-electron chi connectivity index (χ3n) is 1.79. The predicted molar refractivity (Wildman–Crippen MR) is 61.4 cm³/mol. The monoisotopic (exact) mass is 231 g/mol. The fraction of sp³-hybridized carbons (Fsp3) is 1.00. The van der Waals surface area contributed by atoms with Crippen LogP contribution in [0.4, 0.5) is 0 Å². The first-order valence-corrected chi connectivity index (χ1v) is 5.66. The first kappa shape index (κ1) is 15.2.